The highest BCUT2D eigenvalue weighted by Crippen LogP contribution is 2.31. The van der Waals surface area contributed by atoms with Crippen molar-refractivity contribution in [3.8, 4) is 16.9 Å². The van der Waals surface area contributed by atoms with Crippen molar-refractivity contribution in [3.05, 3.63) is 90.0 Å². The molecular weight excluding hydrogens is 312 g/mol. The van der Waals surface area contributed by atoms with Gasteiger partial charge in [0.05, 0.1) is 0 Å². The monoisotopic (exact) mass is 332 g/mol. The lowest BCUT2D eigenvalue weighted by atomic mass is 10.0. The first kappa shape index (κ1) is 16.8. The van der Waals surface area contributed by atoms with Gasteiger partial charge in [-0.15, -0.1) is 0 Å². The minimum Gasteiger partial charge on any atom is -0.488 e. The van der Waals surface area contributed by atoms with Gasteiger partial charge in [0, 0.05) is 12.0 Å². The second kappa shape index (κ2) is 8.15. The number of carboxylic acid groups (broad SMARTS) is 1. The van der Waals surface area contributed by atoms with Crippen LogP contribution < -0.4 is 4.74 Å². The van der Waals surface area contributed by atoms with Gasteiger partial charge in [0.15, 0.2) is 0 Å². The van der Waals surface area contributed by atoms with Gasteiger partial charge in [0.25, 0.3) is 0 Å². The standard InChI is InChI=1S/C22H20O3/c23-22(24)14-13-17-9-6-10-19(15-17)20-11-4-5-12-21(20)25-16-18-7-2-1-3-8-18/h1-12,15H,13-14,16H2,(H,23,24). The maximum Gasteiger partial charge on any atom is 0.303 e. The highest BCUT2D eigenvalue weighted by Gasteiger charge is 2.08. The summed E-state index contributed by atoms with van der Waals surface area (Å²) in [6.07, 6.45) is 0.659. The van der Waals surface area contributed by atoms with Crippen LogP contribution in [0, 0.1) is 0 Å². The second-order valence-electron chi connectivity index (χ2n) is 5.86. The molecule has 3 rings (SSSR count). The van der Waals surface area contributed by atoms with Crippen molar-refractivity contribution >= 4 is 5.97 Å². The van der Waals surface area contributed by atoms with Gasteiger partial charge in [-0.05, 0) is 29.2 Å². The molecule has 0 saturated carbocycles. The molecule has 0 aliphatic rings. The lowest BCUT2D eigenvalue weighted by Crippen LogP contribution is -1.98. The van der Waals surface area contributed by atoms with E-state index in [9.17, 15) is 4.79 Å². The van der Waals surface area contributed by atoms with Crippen LogP contribution in [0.1, 0.15) is 17.5 Å². The SMILES string of the molecule is O=C(O)CCc1cccc(-c2ccccc2OCc2ccccc2)c1. The maximum atomic E-state index is 10.8. The molecule has 0 fully saturated rings. The van der Waals surface area contributed by atoms with Crippen molar-refractivity contribution in [2.75, 3.05) is 0 Å². The Balaban J connectivity index is 1.80. The molecular formula is C22H20O3. The minimum atomic E-state index is -0.781. The largest absolute Gasteiger partial charge is 0.488 e. The van der Waals surface area contributed by atoms with Gasteiger partial charge in [-0.25, -0.2) is 0 Å². The molecule has 0 aliphatic heterocycles. The molecule has 25 heavy (non-hydrogen) atoms. The highest BCUT2D eigenvalue weighted by atomic mass is 16.5. The molecule has 0 bridgehead atoms. The molecule has 1 N–H and O–H groups in total. The Morgan fingerprint density at radius 2 is 1.56 bits per heavy atom. The molecule has 0 heterocycles. The summed E-state index contributed by atoms with van der Waals surface area (Å²) in [7, 11) is 0. The number of aliphatic carboxylic acids is 1. The van der Waals surface area contributed by atoms with Crippen LogP contribution in [-0.2, 0) is 17.8 Å². The molecule has 0 unspecified atom stereocenters. The first-order valence-corrected chi connectivity index (χ1v) is 8.29. The van der Waals surface area contributed by atoms with Gasteiger partial charge >= 0.3 is 5.97 Å². The van der Waals surface area contributed by atoms with E-state index in [1.807, 2.05) is 78.9 Å². The molecule has 3 heteroatoms. The van der Waals surface area contributed by atoms with E-state index in [-0.39, 0.29) is 6.42 Å². The molecule has 3 aromatic rings. The van der Waals surface area contributed by atoms with E-state index in [1.165, 1.54) is 0 Å². The van der Waals surface area contributed by atoms with Crippen LogP contribution in [0.2, 0.25) is 0 Å². The summed E-state index contributed by atoms with van der Waals surface area (Å²) in [6, 6.07) is 26.0. The average molecular weight is 332 g/mol. The van der Waals surface area contributed by atoms with Crippen LogP contribution >= 0.6 is 0 Å². The topological polar surface area (TPSA) is 46.5 Å². The van der Waals surface area contributed by atoms with Crippen LogP contribution in [0.3, 0.4) is 0 Å². The molecule has 0 spiro atoms. The summed E-state index contributed by atoms with van der Waals surface area (Å²) in [5.41, 5.74) is 4.17. The summed E-state index contributed by atoms with van der Waals surface area (Å²) in [4.78, 5) is 10.8. The molecule has 0 aliphatic carbocycles. The molecule has 0 radical (unpaired) electrons. The summed E-state index contributed by atoms with van der Waals surface area (Å²) in [5.74, 6) is 0.0405. The normalized spacial score (nSPS) is 10.4. The Bertz CT molecular complexity index is 841. The van der Waals surface area contributed by atoms with Crippen LogP contribution in [0.5, 0.6) is 5.75 Å². The van der Waals surface area contributed by atoms with Gasteiger partial charge < -0.3 is 9.84 Å². The number of carboxylic acids is 1. The number of para-hydroxylation sites is 1. The number of rotatable bonds is 7. The van der Waals surface area contributed by atoms with E-state index in [0.717, 1.165) is 28.0 Å². The molecule has 0 aromatic heterocycles. The summed E-state index contributed by atoms with van der Waals surface area (Å²) in [6.45, 7) is 0.510. The zero-order chi connectivity index (χ0) is 17.5. The Morgan fingerprint density at radius 3 is 2.36 bits per heavy atom. The van der Waals surface area contributed by atoms with Gasteiger partial charge in [0.2, 0.25) is 0 Å². The zero-order valence-electron chi connectivity index (χ0n) is 13.9. The average Bonchev–Trinajstić information content (AvgIpc) is 2.66. The second-order valence-corrected chi connectivity index (χ2v) is 5.86. The van der Waals surface area contributed by atoms with E-state index < -0.39 is 5.97 Å². The van der Waals surface area contributed by atoms with E-state index in [4.69, 9.17) is 9.84 Å². The summed E-state index contributed by atoms with van der Waals surface area (Å²) < 4.78 is 6.02. The quantitative estimate of drug-likeness (QED) is 0.666. The van der Waals surface area contributed by atoms with E-state index in [0.29, 0.717) is 13.0 Å². The molecule has 0 amide bonds. The molecule has 0 atom stereocenters. The van der Waals surface area contributed by atoms with E-state index in [2.05, 4.69) is 0 Å². The smallest absolute Gasteiger partial charge is 0.303 e. The Morgan fingerprint density at radius 1 is 0.840 bits per heavy atom. The van der Waals surface area contributed by atoms with E-state index >= 15 is 0 Å². The minimum absolute atomic E-state index is 0.135. The van der Waals surface area contributed by atoms with Crippen molar-refractivity contribution in [1.29, 1.82) is 0 Å². The number of hydrogen-bond donors (Lipinski definition) is 1. The van der Waals surface area contributed by atoms with Crippen molar-refractivity contribution in [1.82, 2.24) is 0 Å². The first-order valence-electron chi connectivity index (χ1n) is 8.29. The molecule has 3 aromatic carbocycles. The number of benzene rings is 3. The van der Waals surface area contributed by atoms with Crippen LogP contribution in [-0.4, -0.2) is 11.1 Å². The highest BCUT2D eigenvalue weighted by molar-refractivity contribution is 5.71. The van der Waals surface area contributed by atoms with Gasteiger partial charge in [-0.3, -0.25) is 4.79 Å². The molecule has 126 valence electrons. The van der Waals surface area contributed by atoms with Gasteiger partial charge in [-0.2, -0.15) is 0 Å². The third-order valence-corrected chi connectivity index (χ3v) is 3.99. The lowest BCUT2D eigenvalue weighted by molar-refractivity contribution is -0.136. The maximum absolute atomic E-state index is 10.8. The first-order chi connectivity index (χ1) is 12.2. The Kier molecular flexibility index (Phi) is 5.47. The lowest BCUT2D eigenvalue weighted by Gasteiger charge is -2.12. The third kappa shape index (κ3) is 4.70. The fraction of sp³-hybridized carbons (Fsp3) is 0.136. The molecule has 3 nitrogen and oxygen atoms in total. The third-order valence-electron chi connectivity index (χ3n) is 3.99. The fourth-order valence-electron chi connectivity index (χ4n) is 2.71. The molecule has 0 saturated heterocycles. The Labute approximate surface area is 147 Å². The van der Waals surface area contributed by atoms with Gasteiger partial charge in [-0.1, -0.05) is 72.8 Å². The van der Waals surface area contributed by atoms with Crippen molar-refractivity contribution in [2.24, 2.45) is 0 Å². The number of carbonyl (C=O) groups is 1. The van der Waals surface area contributed by atoms with Crippen molar-refractivity contribution in [3.63, 3.8) is 0 Å². The zero-order valence-corrected chi connectivity index (χ0v) is 13.9. The summed E-state index contributed by atoms with van der Waals surface area (Å²) in [5, 5.41) is 8.86. The van der Waals surface area contributed by atoms with Crippen molar-refractivity contribution < 1.29 is 14.6 Å². The van der Waals surface area contributed by atoms with Crippen LogP contribution in [0.25, 0.3) is 11.1 Å². The van der Waals surface area contributed by atoms with Crippen molar-refractivity contribution in [2.45, 2.75) is 19.4 Å². The van der Waals surface area contributed by atoms with Crippen LogP contribution in [0.4, 0.5) is 0 Å². The van der Waals surface area contributed by atoms with Gasteiger partial charge in [0.1, 0.15) is 12.4 Å². The predicted octanol–water partition coefficient (Wildman–Crippen LogP) is 4.95. The number of ether oxygens (including phenoxy) is 1. The fourth-order valence-corrected chi connectivity index (χ4v) is 2.71. The van der Waals surface area contributed by atoms with Crippen LogP contribution in [0.15, 0.2) is 78.9 Å². The predicted molar refractivity (Wildman–Crippen MR) is 98.6 cm³/mol. The van der Waals surface area contributed by atoms with E-state index in [1.54, 1.807) is 0 Å². The number of aryl methyl sites for hydroxylation is 1. The Hall–Kier alpha value is -3.07. The number of hydrogen-bond acceptors (Lipinski definition) is 2. The summed E-state index contributed by atoms with van der Waals surface area (Å²) >= 11 is 0.